The molecular formula is C16H22ClNOS. The number of halogens is 1. The number of carbonyl (C=O) groups is 1. The normalized spacial score (nSPS) is 19.1. The van der Waals surface area contributed by atoms with Gasteiger partial charge in [-0.1, -0.05) is 11.6 Å². The second-order valence-corrected chi connectivity index (χ2v) is 6.94. The Kier molecular flexibility index (Phi) is 6.24. The Morgan fingerprint density at radius 1 is 1.35 bits per heavy atom. The highest BCUT2D eigenvalue weighted by Gasteiger charge is 2.22. The van der Waals surface area contributed by atoms with Crippen LogP contribution in [-0.4, -0.2) is 29.1 Å². The molecule has 0 bridgehead atoms. The molecule has 1 atom stereocenters. The van der Waals surface area contributed by atoms with Crippen LogP contribution in [-0.2, 0) is 4.79 Å². The van der Waals surface area contributed by atoms with Crippen molar-refractivity contribution in [2.75, 3.05) is 12.3 Å². The van der Waals surface area contributed by atoms with E-state index >= 15 is 0 Å². The molecule has 1 amide bonds. The van der Waals surface area contributed by atoms with Crippen molar-refractivity contribution >= 4 is 29.3 Å². The number of nitrogens with zero attached hydrogens (tertiary/aromatic N) is 1. The van der Waals surface area contributed by atoms with Gasteiger partial charge in [0.05, 0.1) is 0 Å². The molecule has 2 nitrogen and oxygen atoms in total. The summed E-state index contributed by atoms with van der Waals surface area (Å²) >= 11 is 7.64. The van der Waals surface area contributed by atoms with E-state index < -0.39 is 0 Å². The Hall–Kier alpha value is -0.670. The molecule has 0 N–H and O–H groups in total. The molecule has 20 heavy (non-hydrogen) atoms. The molecule has 0 radical (unpaired) electrons. The van der Waals surface area contributed by atoms with Crippen molar-refractivity contribution in [1.82, 2.24) is 4.90 Å². The quantitative estimate of drug-likeness (QED) is 0.584. The molecule has 1 aromatic rings. The first kappa shape index (κ1) is 15.7. The topological polar surface area (TPSA) is 20.3 Å². The molecule has 0 spiro atoms. The molecule has 1 heterocycles. The van der Waals surface area contributed by atoms with Gasteiger partial charge in [0.25, 0.3) is 0 Å². The third kappa shape index (κ3) is 4.71. The zero-order chi connectivity index (χ0) is 14.4. The fraction of sp³-hybridized carbons (Fsp3) is 0.562. The van der Waals surface area contributed by atoms with E-state index in [-0.39, 0.29) is 0 Å². The summed E-state index contributed by atoms with van der Waals surface area (Å²) in [4.78, 5) is 15.4. The summed E-state index contributed by atoms with van der Waals surface area (Å²) in [6.07, 6.45) is 5.19. The number of hydrogen-bond acceptors (Lipinski definition) is 2. The number of rotatable bonds is 5. The summed E-state index contributed by atoms with van der Waals surface area (Å²) in [5.41, 5.74) is 0. The maximum atomic E-state index is 12.2. The molecular weight excluding hydrogens is 290 g/mol. The summed E-state index contributed by atoms with van der Waals surface area (Å²) in [7, 11) is 0. The summed E-state index contributed by atoms with van der Waals surface area (Å²) in [6.45, 7) is 3.11. The van der Waals surface area contributed by atoms with Crippen molar-refractivity contribution in [3.05, 3.63) is 29.3 Å². The molecule has 0 aromatic heterocycles. The Morgan fingerprint density at radius 2 is 2.10 bits per heavy atom. The second-order valence-electron chi connectivity index (χ2n) is 5.34. The van der Waals surface area contributed by atoms with Gasteiger partial charge < -0.3 is 4.90 Å². The Labute approximate surface area is 130 Å². The zero-order valence-electron chi connectivity index (χ0n) is 12.0. The highest BCUT2D eigenvalue weighted by Crippen LogP contribution is 2.22. The van der Waals surface area contributed by atoms with Gasteiger partial charge in [0.15, 0.2) is 0 Å². The van der Waals surface area contributed by atoms with Crippen LogP contribution in [0.4, 0.5) is 0 Å². The third-order valence-corrected chi connectivity index (χ3v) is 5.09. The lowest BCUT2D eigenvalue weighted by molar-refractivity contribution is -0.134. The maximum Gasteiger partial charge on any atom is 0.222 e. The monoisotopic (exact) mass is 311 g/mol. The van der Waals surface area contributed by atoms with E-state index in [1.165, 1.54) is 11.3 Å². The summed E-state index contributed by atoms with van der Waals surface area (Å²) in [6, 6.07) is 8.30. The van der Waals surface area contributed by atoms with Crippen LogP contribution in [0.15, 0.2) is 29.2 Å². The lowest BCUT2D eigenvalue weighted by Gasteiger charge is -2.33. The van der Waals surface area contributed by atoms with Gasteiger partial charge in [0, 0.05) is 28.9 Å². The molecule has 0 aliphatic carbocycles. The van der Waals surface area contributed by atoms with E-state index in [1.54, 1.807) is 11.8 Å². The van der Waals surface area contributed by atoms with E-state index in [1.807, 2.05) is 24.3 Å². The van der Waals surface area contributed by atoms with Gasteiger partial charge in [-0.05, 0) is 62.6 Å². The summed E-state index contributed by atoms with van der Waals surface area (Å²) in [5, 5.41) is 0.767. The van der Waals surface area contributed by atoms with Gasteiger partial charge >= 0.3 is 0 Å². The molecule has 1 aliphatic heterocycles. The summed E-state index contributed by atoms with van der Waals surface area (Å²) < 4.78 is 0. The molecule has 1 unspecified atom stereocenters. The van der Waals surface area contributed by atoms with Crippen molar-refractivity contribution in [3.8, 4) is 0 Å². The van der Waals surface area contributed by atoms with Crippen molar-refractivity contribution in [2.24, 2.45) is 0 Å². The lowest BCUT2D eigenvalue weighted by Crippen LogP contribution is -2.41. The first-order valence-electron chi connectivity index (χ1n) is 7.34. The van der Waals surface area contributed by atoms with E-state index in [0.29, 0.717) is 18.4 Å². The Morgan fingerprint density at radius 3 is 2.80 bits per heavy atom. The SMILES string of the molecule is CC1CCCCN1C(=O)CCCSc1ccc(Cl)cc1. The zero-order valence-corrected chi connectivity index (χ0v) is 13.6. The van der Waals surface area contributed by atoms with Gasteiger partial charge in [-0.25, -0.2) is 0 Å². The molecule has 1 fully saturated rings. The van der Waals surface area contributed by atoms with E-state index in [2.05, 4.69) is 11.8 Å². The average molecular weight is 312 g/mol. The smallest absolute Gasteiger partial charge is 0.222 e. The van der Waals surface area contributed by atoms with Gasteiger partial charge in [-0.2, -0.15) is 0 Å². The van der Waals surface area contributed by atoms with Crippen LogP contribution in [0.5, 0.6) is 0 Å². The standard InChI is InChI=1S/C16H22ClNOS/c1-13-5-2-3-11-18(13)16(19)6-4-12-20-15-9-7-14(17)8-10-15/h7-10,13H,2-6,11-12H2,1H3. The fourth-order valence-corrected chi connectivity index (χ4v) is 3.54. The molecule has 4 heteroatoms. The van der Waals surface area contributed by atoms with Crippen LogP contribution in [0.1, 0.15) is 39.0 Å². The number of piperidine rings is 1. The Balaban J connectivity index is 1.67. The Bertz CT molecular complexity index is 435. The molecule has 2 rings (SSSR count). The first-order valence-corrected chi connectivity index (χ1v) is 8.71. The predicted octanol–water partition coefficient (Wildman–Crippen LogP) is 4.61. The van der Waals surface area contributed by atoms with E-state index in [9.17, 15) is 4.79 Å². The van der Waals surface area contributed by atoms with Crippen LogP contribution in [0, 0.1) is 0 Å². The minimum atomic E-state index is 0.328. The fourth-order valence-electron chi connectivity index (χ4n) is 2.56. The number of benzene rings is 1. The number of likely N-dealkylation sites (tertiary alicyclic amines) is 1. The highest BCUT2D eigenvalue weighted by atomic mass is 35.5. The minimum absolute atomic E-state index is 0.328. The number of hydrogen-bond donors (Lipinski definition) is 0. The molecule has 1 aromatic carbocycles. The van der Waals surface area contributed by atoms with Gasteiger partial charge in [0.2, 0.25) is 5.91 Å². The lowest BCUT2D eigenvalue weighted by atomic mass is 10.0. The number of thioether (sulfide) groups is 1. The van der Waals surface area contributed by atoms with Crippen LogP contribution >= 0.6 is 23.4 Å². The maximum absolute atomic E-state index is 12.2. The van der Waals surface area contributed by atoms with E-state index in [0.717, 1.165) is 36.6 Å². The minimum Gasteiger partial charge on any atom is -0.340 e. The van der Waals surface area contributed by atoms with Crippen LogP contribution in [0.3, 0.4) is 0 Å². The van der Waals surface area contributed by atoms with Gasteiger partial charge in [-0.15, -0.1) is 11.8 Å². The van der Waals surface area contributed by atoms with E-state index in [4.69, 9.17) is 11.6 Å². The highest BCUT2D eigenvalue weighted by molar-refractivity contribution is 7.99. The average Bonchev–Trinajstić information content (AvgIpc) is 2.46. The van der Waals surface area contributed by atoms with Crippen molar-refractivity contribution in [3.63, 3.8) is 0 Å². The number of amides is 1. The molecule has 0 saturated carbocycles. The van der Waals surface area contributed by atoms with Crippen LogP contribution in [0.25, 0.3) is 0 Å². The van der Waals surface area contributed by atoms with Crippen molar-refractivity contribution < 1.29 is 4.79 Å². The third-order valence-electron chi connectivity index (χ3n) is 3.74. The first-order chi connectivity index (χ1) is 9.66. The van der Waals surface area contributed by atoms with Gasteiger partial charge in [0.1, 0.15) is 0 Å². The van der Waals surface area contributed by atoms with Crippen molar-refractivity contribution in [2.45, 2.75) is 50.0 Å². The predicted molar refractivity (Wildman–Crippen MR) is 86.4 cm³/mol. The van der Waals surface area contributed by atoms with Crippen LogP contribution < -0.4 is 0 Å². The molecule has 1 saturated heterocycles. The molecule has 1 aliphatic rings. The number of carbonyl (C=O) groups excluding carboxylic acids is 1. The van der Waals surface area contributed by atoms with Crippen LogP contribution in [0.2, 0.25) is 5.02 Å². The second kappa shape index (κ2) is 7.94. The molecule has 110 valence electrons. The van der Waals surface area contributed by atoms with Gasteiger partial charge in [-0.3, -0.25) is 4.79 Å². The largest absolute Gasteiger partial charge is 0.340 e. The van der Waals surface area contributed by atoms with Crippen molar-refractivity contribution in [1.29, 1.82) is 0 Å². The summed E-state index contributed by atoms with van der Waals surface area (Å²) in [5.74, 6) is 1.31.